The number of nitrogens with one attached hydrogen (secondary N) is 1. The minimum absolute atomic E-state index is 0.0000777. The molecule has 1 aliphatic rings. The summed E-state index contributed by atoms with van der Waals surface area (Å²) in [5.41, 5.74) is 2.29. The molecule has 5 heteroatoms. The normalized spacial score (nSPS) is 19.5. The van der Waals surface area contributed by atoms with Gasteiger partial charge in [-0.1, -0.05) is 29.8 Å². The monoisotopic (exact) mass is 332 g/mol. The molecule has 5 nitrogen and oxygen atoms in total. The van der Waals surface area contributed by atoms with Crippen molar-refractivity contribution in [3.05, 3.63) is 35.4 Å². The molecular weight excluding hydrogens is 304 g/mol. The highest BCUT2D eigenvalue weighted by atomic mass is 16.5. The van der Waals surface area contributed by atoms with Gasteiger partial charge in [0.15, 0.2) is 0 Å². The fraction of sp³-hybridized carbons (Fsp3) is 0.579. The number of rotatable bonds is 6. The van der Waals surface area contributed by atoms with Gasteiger partial charge in [-0.2, -0.15) is 0 Å². The quantitative estimate of drug-likeness (QED) is 0.812. The Kier molecular flexibility index (Phi) is 6.79. The van der Waals surface area contributed by atoms with Gasteiger partial charge in [-0.15, -0.1) is 0 Å². The zero-order valence-corrected chi connectivity index (χ0v) is 14.9. The highest BCUT2D eigenvalue weighted by molar-refractivity contribution is 5.81. The third-order valence-corrected chi connectivity index (χ3v) is 4.59. The average molecular weight is 332 g/mol. The molecule has 0 aromatic heterocycles. The lowest BCUT2D eigenvalue weighted by Gasteiger charge is -2.35. The van der Waals surface area contributed by atoms with Crippen LogP contribution in [0.1, 0.15) is 37.8 Å². The molecule has 1 aromatic carbocycles. The molecule has 0 aliphatic carbocycles. The minimum Gasteiger partial charge on any atom is -0.466 e. The van der Waals surface area contributed by atoms with Gasteiger partial charge in [0.05, 0.1) is 18.6 Å². The molecule has 2 rings (SSSR count). The number of piperidine rings is 1. The first-order valence-electron chi connectivity index (χ1n) is 8.75. The van der Waals surface area contributed by atoms with Crippen LogP contribution in [-0.2, 0) is 20.9 Å². The van der Waals surface area contributed by atoms with E-state index in [9.17, 15) is 9.59 Å². The maximum Gasteiger partial charge on any atom is 0.310 e. The molecule has 0 radical (unpaired) electrons. The van der Waals surface area contributed by atoms with E-state index in [1.165, 1.54) is 5.56 Å². The van der Waals surface area contributed by atoms with Crippen molar-refractivity contribution in [3.63, 3.8) is 0 Å². The van der Waals surface area contributed by atoms with E-state index >= 15 is 0 Å². The molecule has 1 fully saturated rings. The van der Waals surface area contributed by atoms with Crippen LogP contribution in [0.25, 0.3) is 0 Å². The molecular formula is C19H28N2O3. The van der Waals surface area contributed by atoms with Gasteiger partial charge >= 0.3 is 5.97 Å². The number of aryl methyl sites for hydroxylation is 1. The molecule has 0 unspecified atom stereocenters. The summed E-state index contributed by atoms with van der Waals surface area (Å²) in [5, 5.41) is 2.99. The predicted octanol–water partition coefficient (Wildman–Crippen LogP) is 2.27. The summed E-state index contributed by atoms with van der Waals surface area (Å²) in [6, 6.07) is 7.89. The second-order valence-electron chi connectivity index (χ2n) is 6.47. The number of esters is 1. The first-order chi connectivity index (χ1) is 11.5. The van der Waals surface area contributed by atoms with Gasteiger partial charge in [0.2, 0.25) is 5.91 Å². The molecule has 1 amide bonds. The van der Waals surface area contributed by atoms with Crippen LogP contribution < -0.4 is 5.32 Å². The maximum atomic E-state index is 12.4. The van der Waals surface area contributed by atoms with Gasteiger partial charge in [-0.05, 0) is 45.7 Å². The van der Waals surface area contributed by atoms with Crippen molar-refractivity contribution < 1.29 is 14.3 Å². The summed E-state index contributed by atoms with van der Waals surface area (Å²) in [7, 11) is 0. The Bertz CT molecular complexity index is 556. The van der Waals surface area contributed by atoms with Crippen molar-refractivity contribution in [1.29, 1.82) is 0 Å². The number of nitrogens with zero attached hydrogens (tertiary/aromatic N) is 1. The molecule has 24 heavy (non-hydrogen) atoms. The Morgan fingerprint density at radius 3 is 2.71 bits per heavy atom. The molecule has 0 bridgehead atoms. The summed E-state index contributed by atoms with van der Waals surface area (Å²) < 4.78 is 5.12. The largest absolute Gasteiger partial charge is 0.466 e. The Labute approximate surface area is 144 Å². The second kappa shape index (κ2) is 8.83. The molecule has 0 saturated carbocycles. The molecule has 1 aliphatic heterocycles. The first kappa shape index (κ1) is 18.5. The van der Waals surface area contributed by atoms with Crippen molar-refractivity contribution in [3.8, 4) is 0 Å². The van der Waals surface area contributed by atoms with Crippen LogP contribution >= 0.6 is 0 Å². The van der Waals surface area contributed by atoms with Gasteiger partial charge in [-0.25, -0.2) is 0 Å². The molecule has 132 valence electrons. The third kappa shape index (κ3) is 5.06. The van der Waals surface area contributed by atoms with Gasteiger partial charge in [0, 0.05) is 13.1 Å². The van der Waals surface area contributed by atoms with E-state index in [4.69, 9.17) is 4.74 Å². The lowest BCUT2D eigenvalue weighted by molar-refractivity contribution is -0.151. The Balaban J connectivity index is 1.85. The number of carbonyl (C=O) groups is 2. The smallest absolute Gasteiger partial charge is 0.310 e. The van der Waals surface area contributed by atoms with E-state index in [0.29, 0.717) is 19.7 Å². The van der Waals surface area contributed by atoms with Crippen LogP contribution in [0.15, 0.2) is 24.3 Å². The third-order valence-electron chi connectivity index (χ3n) is 4.59. The number of benzene rings is 1. The lowest BCUT2D eigenvalue weighted by Crippen LogP contribution is -2.50. The number of ether oxygens (including phenoxy) is 1. The van der Waals surface area contributed by atoms with E-state index < -0.39 is 0 Å². The first-order valence-corrected chi connectivity index (χ1v) is 8.75. The van der Waals surface area contributed by atoms with Crippen LogP contribution in [-0.4, -0.2) is 42.5 Å². The Hall–Kier alpha value is -1.88. The van der Waals surface area contributed by atoms with Crippen molar-refractivity contribution in [2.45, 2.75) is 46.2 Å². The number of carbonyl (C=O) groups excluding carboxylic acids is 2. The van der Waals surface area contributed by atoms with Gasteiger partial charge in [0.1, 0.15) is 0 Å². The number of hydrogen-bond donors (Lipinski definition) is 1. The van der Waals surface area contributed by atoms with Crippen molar-refractivity contribution >= 4 is 11.9 Å². The molecule has 1 aromatic rings. The van der Waals surface area contributed by atoms with Gasteiger partial charge in [-0.3, -0.25) is 14.5 Å². The van der Waals surface area contributed by atoms with E-state index in [2.05, 4.69) is 10.2 Å². The maximum absolute atomic E-state index is 12.4. The molecule has 1 heterocycles. The zero-order valence-electron chi connectivity index (χ0n) is 14.9. The number of amides is 1. The predicted molar refractivity (Wildman–Crippen MR) is 93.4 cm³/mol. The summed E-state index contributed by atoms with van der Waals surface area (Å²) in [5.74, 6) is -0.263. The summed E-state index contributed by atoms with van der Waals surface area (Å²) in [6.45, 7) is 8.13. The van der Waals surface area contributed by atoms with E-state index in [1.54, 1.807) is 0 Å². The Morgan fingerprint density at radius 1 is 1.33 bits per heavy atom. The highest BCUT2D eigenvalue weighted by Crippen LogP contribution is 2.20. The summed E-state index contributed by atoms with van der Waals surface area (Å²) >= 11 is 0. The highest BCUT2D eigenvalue weighted by Gasteiger charge is 2.31. The van der Waals surface area contributed by atoms with Crippen LogP contribution in [0.2, 0.25) is 0 Å². The van der Waals surface area contributed by atoms with Crippen LogP contribution in [0, 0.1) is 12.8 Å². The zero-order chi connectivity index (χ0) is 17.5. The average Bonchev–Trinajstić information content (AvgIpc) is 2.60. The number of hydrogen-bond acceptors (Lipinski definition) is 4. The molecule has 0 spiro atoms. The van der Waals surface area contributed by atoms with Crippen molar-refractivity contribution in [1.82, 2.24) is 10.2 Å². The van der Waals surface area contributed by atoms with E-state index in [-0.39, 0.29) is 23.8 Å². The molecule has 1 N–H and O–H groups in total. The number of likely N-dealkylation sites (tertiary alicyclic amines) is 1. The topological polar surface area (TPSA) is 58.6 Å². The Morgan fingerprint density at radius 2 is 2.04 bits per heavy atom. The van der Waals surface area contributed by atoms with Crippen LogP contribution in [0.3, 0.4) is 0 Å². The van der Waals surface area contributed by atoms with Crippen LogP contribution in [0.4, 0.5) is 0 Å². The van der Waals surface area contributed by atoms with Crippen molar-refractivity contribution in [2.24, 2.45) is 5.92 Å². The van der Waals surface area contributed by atoms with Crippen molar-refractivity contribution in [2.75, 3.05) is 19.7 Å². The standard InChI is InChI=1S/C19H28N2O3/c1-4-24-19(23)17-6-5-11-21(13-17)15(3)18(22)20-12-16-9-7-14(2)8-10-16/h7-10,15,17H,4-6,11-13H2,1-3H3,(H,20,22)/t15-,17-/m0/s1. The summed E-state index contributed by atoms with van der Waals surface area (Å²) in [4.78, 5) is 26.4. The summed E-state index contributed by atoms with van der Waals surface area (Å²) in [6.07, 6.45) is 1.76. The fourth-order valence-corrected chi connectivity index (χ4v) is 3.02. The molecule has 2 atom stereocenters. The van der Waals surface area contributed by atoms with Gasteiger partial charge in [0.25, 0.3) is 0 Å². The van der Waals surface area contributed by atoms with Crippen LogP contribution in [0.5, 0.6) is 0 Å². The lowest BCUT2D eigenvalue weighted by atomic mass is 9.97. The molecule has 1 saturated heterocycles. The second-order valence-corrected chi connectivity index (χ2v) is 6.47. The fourth-order valence-electron chi connectivity index (χ4n) is 3.02. The van der Waals surface area contributed by atoms with Gasteiger partial charge < -0.3 is 10.1 Å². The SMILES string of the molecule is CCOC(=O)[C@H]1CCCN([C@@H](C)C(=O)NCc2ccc(C)cc2)C1. The van der Waals surface area contributed by atoms with E-state index in [0.717, 1.165) is 24.9 Å². The van der Waals surface area contributed by atoms with E-state index in [1.807, 2.05) is 45.0 Å². The minimum atomic E-state index is -0.243.